The molecule has 134 valence electrons. The summed E-state index contributed by atoms with van der Waals surface area (Å²) in [5, 5.41) is 8.76. The lowest BCUT2D eigenvalue weighted by Crippen LogP contribution is -2.30. The Morgan fingerprint density at radius 3 is 2.58 bits per heavy atom. The van der Waals surface area contributed by atoms with Crippen LogP contribution in [0, 0.1) is 0 Å². The van der Waals surface area contributed by atoms with Crippen LogP contribution < -0.4 is 14.2 Å². The van der Waals surface area contributed by atoms with Gasteiger partial charge < -0.3 is 24.2 Å². The van der Waals surface area contributed by atoms with Crippen molar-refractivity contribution >= 4 is 29.4 Å². The molecule has 1 aromatic rings. The first-order valence-electron chi connectivity index (χ1n) is 7.56. The predicted octanol–water partition coefficient (Wildman–Crippen LogP) is 2.01. The number of ether oxygens (including phenoxy) is 3. The molecule has 0 bridgehead atoms. The topological polar surface area (TPSA) is 68.2 Å². The van der Waals surface area contributed by atoms with Crippen molar-refractivity contribution in [2.24, 2.45) is 0 Å². The van der Waals surface area contributed by atoms with Crippen LogP contribution >= 0.6 is 23.5 Å². The maximum absolute atomic E-state index is 12.2. The fraction of sp³-hybridized carbons (Fsp3) is 0.562. The Labute approximate surface area is 150 Å². The van der Waals surface area contributed by atoms with E-state index in [4.69, 9.17) is 19.3 Å². The molecule has 1 aliphatic rings. The fourth-order valence-corrected chi connectivity index (χ4v) is 4.50. The van der Waals surface area contributed by atoms with E-state index in [2.05, 4.69) is 0 Å². The summed E-state index contributed by atoms with van der Waals surface area (Å²) in [4.78, 5) is 14.1. The van der Waals surface area contributed by atoms with Gasteiger partial charge in [0.15, 0.2) is 11.5 Å². The third-order valence-corrected chi connectivity index (χ3v) is 5.86. The highest BCUT2D eigenvalue weighted by atomic mass is 32.2. The van der Waals surface area contributed by atoms with Gasteiger partial charge in [-0.05, 0) is 12.1 Å². The molecule has 1 heterocycles. The number of carbonyl (C=O) groups excluding carboxylic acids is 1. The van der Waals surface area contributed by atoms with Crippen LogP contribution in [0.3, 0.4) is 0 Å². The van der Waals surface area contributed by atoms with E-state index in [9.17, 15) is 4.79 Å². The van der Waals surface area contributed by atoms with E-state index in [1.807, 2.05) is 17.0 Å². The SMILES string of the molecule is COc1ccc(C2SCC(=O)N2CCSCCO)c(OC)c1OC. The number of aliphatic hydroxyl groups excluding tert-OH is 1. The molecule has 1 unspecified atom stereocenters. The van der Waals surface area contributed by atoms with Crippen LogP contribution in [0.25, 0.3) is 0 Å². The van der Waals surface area contributed by atoms with Gasteiger partial charge in [-0.15, -0.1) is 11.8 Å². The molecule has 0 radical (unpaired) electrons. The average molecular weight is 373 g/mol. The molecule has 0 saturated carbocycles. The molecule has 6 nitrogen and oxygen atoms in total. The molecule has 1 atom stereocenters. The predicted molar refractivity (Wildman–Crippen MR) is 97.4 cm³/mol. The highest BCUT2D eigenvalue weighted by Crippen LogP contribution is 2.48. The quantitative estimate of drug-likeness (QED) is 0.664. The Balaban J connectivity index is 2.26. The van der Waals surface area contributed by atoms with Gasteiger partial charge in [0.05, 0.1) is 33.7 Å². The summed E-state index contributed by atoms with van der Waals surface area (Å²) < 4.78 is 16.3. The van der Waals surface area contributed by atoms with Crippen molar-refractivity contribution in [1.29, 1.82) is 0 Å². The number of rotatable bonds is 9. The lowest BCUT2D eigenvalue weighted by atomic mass is 10.1. The van der Waals surface area contributed by atoms with E-state index in [0.717, 1.165) is 11.3 Å². The van der Waals surface area contributed by atoms with Gasteiger partial charge in [-0.1, -0.05) is 0 Å². The standard InChI is InChI=1S/C16H23NO5S2/c1-20-12-5-4-11(14(21-2)15(12)22-3)16-17(13(19)10-24-16)6-8-23-9-7-18/h4-5,16,18H,6-10H2,1-3H3. The zero-order valence-electron chi connectivity index (χ0n) is 14.1. The number of hydrogen-bond acceptors (Lipinski definition) is 7. The van der Waals surface area contributed by atoms with Crippen LogP contribution in [0.4, 0.5) is 0 Å². The average Bonchev–Trinajstić information content (AvgIpc) is 2.97. The molecule has 0 aromatic heterocycles. The Hall–Kier alpha value is -1.25. The van der Waals surface area contributed by atoms with Gasteiger partial charge in [-0.2, -0.15) is 11.8 Å². The summed E-state index contributed by atoms with van der Waals surface area (Å²) in [7, 11) is 4.74. The van der Waals surface area contributed by atoms with Crippen LogP contribution in [-0.2, 0) is 4.79 Å². The second kappa shape index (κ2) is 9.29. The summed E-state index contributed by atoms with van der Waals surface area (Å²) in [6.45, 7) is 0.791. The Morgan fingerprint density at radius 2 is 1.96 bits per heavy atom. The van der Waals surface area contributed by atoms with E-state index in [1.165, 1.54) is 0 Å². The van der Waals surface area contributed by atoms with Crippen LogP contribution in [0.15, 0.2) is 12.1 Å². The summed E-state index contributed by atoms with van der Waals surface area (Å²) in [6, 6.07) is 3.75. The second-order valence-corrected chi connectivity index (χ2v) is 7.30. The largest absolute Gasteiger partial charge is 0.493 e. The van der Waals surface area contributed by atoms with E-state index < -0.39 is 0 Å². The maximum Gasteiger partial charge on any atom is 0.233 e. The Morgan fingerprint density at radius 1 is 1.21 bits per heavy atom. The summed E-state index contributed by atoms with van der Waals surface area (Å²) in [5.74, 6) is 3.76. The molecular weight excluding hydrogens is 350 g/mol. The van der Waals surface area contributed by atoms with E-state index in [1.54, 1.807) is 44.9 Å². The Bertz CT molecular complexity index is 570. The first-order chi connectivity index (χ1) is 11.7. The van der Waals surface area contributed by atoms with Crippen molar-refractivity contribution in [3.8, 4) is 17.2 Å². The first-order valence-corrected chi connectivity index (χ1v) is 9.76. The number of methoxy groups -OCH3 is 3. The van der Waals surface area contributed by atoms with Gasteiger partial charge in [0, 0.05) is 23.6 Å². The van der Waals surface area contributed by atoms with Gasteiger partial charge in [0.1, 0.15) is 5.37 Å². The third kappa shape index (κ3) is 4.04. The highest BCUT2D eigenvalue weighted by molar-refractivity contribution is 8.00. The lowest BCUT2D eigenvalue weighted by Gasteiger charge is -2.26. The van der Waals surface area contributed by atoms with Gasteiger partial charge >= 0.3 is 0 Å². The van der Waals surface area contributed by atoms with Crippen LogP contribution in [-0.4, -0.2) is 67.7 Å². The van der Waals surface area contributed by atoms with Crippen molar-refractivity contribution in [1.82, 2.24) is 4.90 Å². The normalized spacial score (nSPS) is 17.2. The number of hydrogen-bond donors (Lipinski definition) is 1. The number of carbonyl (C=O) groups is 1. The first kappa shape index (κ1) is 19.1. The van der Waals surface area contributed by atoms with Crippen molar-refractivity contribution in [2.45, 2.75) is 5.37 Å². The van der Waals surface area contributed by atoms with Crippen molar-refractivity contribution in [2.75, 3.05) is 51.7 Å². The molecule has 0 spiro atoms. The molecule has 1 amide bonds. The highest BCUT2D eigenvalue weighted by Gasteiger charge is 2.35. The van der Waals surface area contributed by atoms with Gasteiger partial charge in [0.2, 0.25) is 11.7 Å². The molecule has 1 N–H and O–H groups in total. The number of amides is 1. The zero-order chi connectivity index (χ0) is 17.5. The van der Waals surface area contributed by atoms with Crippen molar-refractivity contribution in [3.05, 3.63) is 17.7 Å². The molecule has 0 aliphatic carbocycles. The molecular formula is C16H23NO5S2. The molecule has 2 rings (SSSR count). The summed E-state index contributed by atoms with van der Waals surface area (Å²) >= 11 is 3.21. The van der Waals surface area contributed by atoms with Crippen LogP contribution in [0.2, 0.25) is 0 Å². The molecule has 24 heavy (non-hydrogen) atoms. The molecule has 1 aliphatic heterocycles. The fourth-order valence-electron chi connectivity index (χ4n) is 2.60. The third-order valence-electron chi connectivity index (χ3n) is 3.68. The number of nitrogens with zero attached hydrogens (tertiary/aromatic N) is 1. The lowest BCUT2D eigenvalue weighted by molar-refractivity contribution is -0.127. The van der Waals surface area contributed by atoms with Gasteiger partial charge in [-0.3, -0.25) is 4.79 Å². The molecule has 1 aromatic carbocycles. The number of thioether (sulfide) groups is 2. The summed E-state index contributed by atoms with van der Waals surface area (Å²) in [5.41, 5.74) is 0.901. The minimum atomic E-state index is -0.109. The van der Waals surface area contributed by atoms with E-state index in [0.29, 0.717) is 35.3 Å². The molecule has 1 saturated heterocycles. The monoisotopic (exact) mass is 373 g/mol. The Kier molecular flexibility index (Phi) is 7.39. The van der Waals surface area contributed by atoms with Crippen molar-refractivity contribution < 1.29 is 24.1 Å². The van der Waals surface area contributed by atoms with E-state index >= 15 is 0 Å². The minimum Gasteiger partial charge on any atom is -0.493 e. The van der Waals surface area contributed by atoms with Crippen LogP contribution in [0.5, 0.6) is 17.2 Å². The van der Waals surface area contributed by atoms with E-state index in [-0.39, 0.29) is 17.9 Å². The zero-order valence-corrected chi connectivity index (χ0v) is 15.7. The van der Waals surface area contributed by atoms with Crippen LogP contribution in [0.1, 0.15) is 10.9 Å². The smallest absolute Gasteiger partial charge is 0.233 e. The summed E-state index contributed by atoms with van der Waals surface area (Å²) in [6.07, 6.45) is 0. The number of aliphatic hydroxyl groups is 1. The van der Waals surface area contributed by atoms with Crippen molar-refractivity contribution in [3.63, 3.8) is 0 Å². The molecule has 1 fully saturated rings. The maximum atomic E-state index is 12.2. The van der Waals surface area contributed by atoms with Gasteiger partial charge in [-0.25, -0.2) is 0 Å². The minimum absolute atomic E-state index is 0.109. The molecule has 8 heteroatoms. The van der Waals surface area contributed by atoms with Gasteiger partial charge in [0.25, 0.3) is 0 Å². The second-order valence-electron chi connectivity index (χ2n) is 5.01. The number of benzene rings is 1.